The lowest BCUT2D eigenvalue weighted by atomic mass is 10.2. The van der Waals surface area contributed by atoms with Crippen LogP contribution in [-0.4, -0.2) is 6.29 Å². The second-order valence-electron chi connectivity index (χ2n) is 3.67. The average Bonchev–Trinajstić information content (AvgIpc) is 2.46. The summed E-state index contributed by atoms with van der Waals surface area (Å²) in [6.07, 6.45) is 2.54. The maximum Gasteiger partial charge on any atom is 0.158 e. The minimum atomic E-state index is 0.496. The number of halogens is 1. The lowest BCUT2D eigenvalue weighted by Gasteiger charge is -2.20. The Morgan fingerprint density at radius 2 is 1.33 bits per heavy atom. The van der Waals surface area contributed by atoms with Crippen LogP contribution in [0.4, 0.5) is 11.4 Å². The second kappa shape index (κ2) is 6.17. The number of hydrogen-bond donors (Lipinski definition) is 0. The van der Waals surface area contributed by atoms with E-state index in [1.54, 1.807) is 6.20 Å². The van der Waals surface area contributed by atoms with Crippen LogP contribution in [0.2, 0.25) is 0 Å². The van der Waals surface area contributed by atoms with Crippen molar-refractivity contribution in [3.05, 3.63) is 71.3 Å². The topological polar surface area (TPSA) is 20.3 Å². The van der Waals surface area contributed by atoms with Gasteiger partial charge in [-0.05, 0) is 40.2 Å². The van der Waals surface area contributed by atoms with Gasteiger partial charge in [-0.3, -0.25) is 4.79 Å². The smallest absolute Gasteiger partial charge is 0.158 e. The Labute approximate surface area is 115 Å². The molecule has 0 spiro atoms. The third kappa shape index (κ3) is 3.08. The molecule has 0 bridgehead atoms. The molecule has 2 aromatic carbocycles. The van der Waals surface area contributed by atoms with E-state index < -0.39 is 0 Å². The Bertz CT molecular complexity index is 497. The first-order valence-electron chi connectivity index (χ1n) is 5.53. The molecule has 18 heavy (non-hydrogen) atoms. The molecule has 2 aromatic rings. The Morgan fingerprint density at radius 3 is 1.72 bits per heavy atom. The van der Waals surface area contributed by atoms with E-state index in [0.29, 0.717) is 4.48 Å². The van der Waals surface area contributed by atoms with Gasteiger partial charge in [-0.25, -0.2) is 0 Å². The van der Waals surface area contributed by atoms with E-state index in [4.69, 9.17) is 0 Å². The molecule has 0 saturated heterocycles. The molecule has 0 heterocycles. The number of benzene rings is 2. The van der Waals surface area contributed by atoms with Gasteiger partial charge in [0.25, 0.3) is 0 Å². The van der Waals surface area contributed by atoms with Gasteiger partial charge < -0.3 is 4.90 Å². The van der Waals surface area contributed by atoms with Crippen molar-refractivity contribution in [2.75, 3.05) is 4.90 Å². The summed E-state index contributed by atoms with van der Waals surface area (Å²) in [7, 11) is 0. The molecule has 2 rings (SSSR count). The number of allylic oxidation sites excluding steroid dienone is 1. The Kier molecular flexibility index (Phi) is 4.31. The third-order valence-corrected chi connectivity index (χ3v) is 2.83. The van der Waals surface area contributed by atoms with Crippen LogP contribution in [0.25, 0.3) is 0 Å². The van der Waals surface area contributed by atoms with Crippen molar-refractivity contribution < 1.29 is 4.79 Å². The third-order valence-electron chi connectivity index (χ3n) is 2.43. The number of para-hydroxylation sites is 2. The highest BCUT2D eigenvalue weighted by Gasteiger charge is 2.06. The molecule has 0 fully saturated rings. The van der Waals surface area contributed by atoms with Crippen LogP contribution in [-0.2, 0) is 4.79 Å². The summed E-state index contributed by atoms with van der Waals surface area (Å²) in [5, 5.41) is 0. The van der Waals surface area contributed by atoms with Crippen LogP contribution in [0.15, 0.2) is 71.3 Å². The maximum absolute atomic E-state index is 10.8. The second-order valence-corrected chi connectivity index (χ2v) is 4.59. The highest BCUT2D eigenvalue weighted by atomic mass is 79.9. The number of hydrogen-bond acceptors (Lipinski definition) is 2. The summed E-state index contributed by atoms with van der Waals surface area (Å²) in [6.45, 7) is 0. The van der Waals surface area contributed by atoms with Crippen molar-refractivity contribution in [1.82, 2.24) is 0 Å². The summed E-state index contributed by atoms with van der Waals surface area (Å²) >= 11 is 3.22. The van der Waals surface area contributed by atoms with Crippen LogP contribution >= 0.6 is 15.9 Å². The molecule has 0 N–H and O–H groups in total. The van der Waals surface area contributed by atoms with Crippen molar-refractivity contribution in [3.63, 3.8) is 0 Å². The summed E-state index contributed by atoms with van der Waals surface area (Å²) in [5.74, 6) is 0. The van der Waals surface area contributed by atoms with Gasteiger partial charge in [-0.1, -0.05) is 36.4 Å². The number of rotatable bonds is 4. The number of aldehydes is 1. The van der Waals surface area contributed by atoms with Crippen molar-refractivity contribution in [2.24, 2.45) is 0 Å². The molecule has 0 saturated carbocycles. The van der Waals surface area contributed by atoms with Crippen molar-refractivity contribution >= 4 is 33.6 Å². The first-order chi connectivity index (χ1) is 8.81. The van der Waals surface area contributed by atoms with Gasteiger partial charge in [0.05, 0.1) is 4.48 Å². The first kappa shape index (κ1) is 12.6. The maximum atomic E-state index is 10.8. The largest absolute Gasteiger partial charge is 0.316 e. The fourth-order valence-corrected chi connectivity index (χ4v) is 1.83. The Hall–Kier alpha value is -1.87. The van der Waals surface area contributed by atoms with E-state index >= 15 is 0 Å². The summed E-state index contributed by atoms with van der Waals surface area (Å²) in [4.78, 5) is 12.7. The Balaban J connectivity index is 2.45. The van der Waals surface area contributed by atoms with E-state index in [9.17, 15) is 4.79 Å². The van der Waals surface area contributed by atoms with Gasteiger partial charge in [0, 0.05) is 17.6 Å². The van der Waals surface area contributed by atoms with Gasteiger partial charge in [0.1, 0.15) is 0 Å². The molecule has 90 valence electrons. The molecule has 0 amide bonds. The highest BCUT2D eigenvalue weighted by molar-refractivity contribution is 9.12. The Morgan fingerprint density at radius 1 is 0.889 bits per heavy atom. The van der Waals surface area contributed by atoms with Crippen molar-refractivity contribution in [1.29, 1.82) is 0 Å². The van der Waals surface area contributed by atoms with Gasteiger partial charge in [-0.2, -0.15) is 0 Å². The average molecular weight is 302 g/mol. The van der Waals surface area contributed by atoms with Gasteiger partial charge in [0.15, 0.2) is 6.29 Å². The number of anilines is 2. The zero-order chi connectivity index (χ0) is 12.8. The van der Waals surface area contributed by atoms with Crippen LogP contribution in [0.3, 0.4) is 0 Å². The van der Waals surface area contributed by atoms with Crippen LogP contribution in [0.1, 0.15) is 0 Å². The van der Waals surface area contributed by atoms with E-state index in [-0.39, 0.29) is 0 Å². The summed E-state index contributed by atoms with van der Waals surface area (Å²) in [5.41, 5.74) is 2.00. The number of nitrogens with zero attached hydrogens (tertiary/aromatic N) is 1. The molecule has 0 aromatic heterocycles. The monoisotopic (exact) mass is 301 g/mol. The van der Waals surface area contributed by atoms with Crippen LogP contribution in [0, 0.1) is 0 Å². The minimum absolute atomic E-state index is 0.496. The summed E-state index contributed by atoms with van der Waals surface area (Å²) < 4.78 is 0.496. The van der Waals surface area contributed by atoms with Gasteiger partial charge >= 0.3 is 0 Å². The molecule has 3 heteroatoms. The van der Waals surface area contributed by atoms with E-state index in [0.717, 1.165) is 17.7 Å². The molecule has 0 aliphatic carbocycles. The molecule has 0 aliphatic rings. The lowest BCUT2D eigenvalue weighted by molar-refractivity contribution is -0.104. The zero-order valence-electron chi connectivity index (χ0n) is 9.66. The molecule has 0 atom stereocenters. The zero-order valence-corrected chi connectivity index (χ0v) is 11.2. The highest BCUT2D eigenvalue weighted by Crippen LogP contribution is 2.26. The van der Waals surface area contributed by atoms with E-state index in [1.807, 2.05) is 65.6 Å². The van der Waals surface area contributed by atoms with Crippen molar-refractivity contribution in [2.45, 2.75) is 0 Å². The van der Waals surface area contributed by atoms with E-state index in [2.05, 4.69) is 15.9 Å². The van der Waals surface area contributed by atoms with Crippen LogP contribution in [0.5, 0.6) is 0 Å². The molecular formula is C15H12BrNO. The van der Waals surface area contributed by atoms with Crippen molar-refractivity contribution in [3.8, 4) is 0 Å². The van der Waals surface area contributed by atoms with Crippen LogP contribution < -0.4 is 4.90 Å². The predicted molar refractivity (Wildman–Crippen MR) is 78.1 cm³/mol. The number of carbonyl (C=O) groups excluding carboxylic acids is 1. The van der Waals surface area contributed by atoms with Gasteiger partial charge in [0.2, 0.25) is 0 Å². The quantitative estimate of drug-likeness (QED) is 0.621. The fourth-order valence-electron chi connectivity index (χ4n) is 1.63. The minimum Gasteiger partial charge on any atom is -0.316 e. The molecule has 2 nitrogen and oxygen atoms in total. The van der Waals surface area contributed by atoms with Gasteiger partial charge in [-0.15, -0.1) is 0 Å². The number of carbonyl (C=O) groups is 1. The predicted octanol–water partition coefficient (Wildman–Crippen LogP) is 4.26. The summed E-state index contributed by atoms with van der Waals surface area (Å²) in [6, 6.07) is 19.8. The molecular weight excluding hydrogens is 290 g/mol. The standard InChI is InChI=1S/C15H12BrNO/c16-13(12-18)11-17(14-7-3-1-4-8-14)15-9-5-2-6-10-15/h1-12H. The lowest BCUT2D eigenvalue weighted by Crippen LogP contribution is -2.08. The first-order valence-corrected chi connectivity index (χ1v) is 6.32. The molecule has 0 aliphatic heterocycles. The normalized spacial score (nSPS) is 11.1. The SMILES string of the molecule is O=CC(Br)=CN(c1ccccc1)c1ccccc1. The molecule has 0 radical (unpaired) electrons. The fraction of sp³-hybridized carbons (Fsp3) is 0. The van der Waals surface area contributed by atoms with E-state index in [1.165, 1.54) is 0 Å². The molecule has 0 unspecified atom stereocenters.